The largest absolute Gasteiger partial charge is 0.493 e. The van der Waals surface area contributed by atoms with Crippen molar-refractivity contribution >= 4 is 16.9 Å². The summed E-state index contributed by atoms with van der Waals surface area (Å²) in [5.41, 5.74) is 3.25. The van der Waals surface area contributed by atoms with Crippen molar-refractivity contribution in [3.63, 3.8) is 0 Å². The van der Waals surface area contributed by atoms with Crippen LogP contribution in [-0.2, 0) is 17.9 Å². The number of hydrogen-bond donors (Lipinski definition) is 1. The van der Waals surface area contributed by atoms with Gasteiger partial charge in [0.2, 0.25) is 5.91 Å². The maximum Gasteiger partial charge on any atom is 0.223 e. The number of benzene rings is 2. The van der Waals surface area contributed by atoms with E-state index < -0.39 is 0 Å². The Bertz CT molecular complexity index is 960. The van der Waals surface area contributed by atoms with Crippen LogP contribution in [-0.4, -0.2) is 22.1 Å². The van der Waals surface area contributed by atoms with Crippen LogP contribution in [0.5, 0.6) is 5.75 Å². The Kier molecular flexibility index (Phi) is 7.89. The number of imidazole rings is 1. The Hall–Kier alpha value is -2.82. The van der Waals surface area contributed by atoms with E-state index in [1.165, 1.54) is 0 Å². The highest BCUT2D eigenvalue weighted by atomic mass is 16.5. The zero-order valence-electron chi connectivity index (χ0n) is 18.4. The van der Waals surface area contributed by atoms with Gasteiger partial charge < -0.3 is 14.6 Å². The van der Waals surface area contributed by atoms with Crippen molar-refractivity contribution in [1.29, 1.82) is 0 Å². The van der Waals surface area contributed by atoms with E-state index in [4.69, 9.17) is 9.72 Å². The number of carbonyl (C=O) groups excluding carboxylic acids is 1. The number of hydrogen-bond acceptors (Lipinski definition) is 3. The van der Waals surface area contributed by atoms with E-state index in [9.17, 15) is 4.79 Å². The first-order valence-electron chi connectivity index (χ1n) is 11.0. The average Bonchev–Trinajstić information content (AvgIpc) is 3.11. The summed E-state index contributed by atoms with van der Waals surface area (Å²) >= 11 is 0. The monoisotopic (exact) mass is 407 g/mol. The first kappa shape index (κ1) is 21.9. The predicted molar refractivity (Wildman–Crippen MR) is 122 cm³/mol. The second kappa shape index (κ2) is 10.8. The summed E-state index contributed by atoms with van der Waals surface area (Å²) in [5.74, 6) is 2.05. The van der Waals surface area contributed by atoms with Gasteiger partial charge in [-0.05, 0) is 56.4 Å². The molecule has 0 aliphatic carbocycles. The summed E-state index contributed by atoms with van der Waals surface area (Å²) in [6.07, 6.45) is 3.67. The molecule has 160 valence electrons. The van der Waals surface area contributed by atoms with Crippen LogP contribution in [0.25, 0.3) is 11.0 Å². The minimum atomic E-state index is 0.0708. The third-order valence-electron chi connectivity index (χ3n) is 5.64. The van der Waals surface area contributed by atoms with E-state index in [0.29, 0.717) is 13.2 Å². The molecule has 0 atom stereocenters. The molecule has 0 bridgehead atoms. The van der Waals surface area contributed by atoms with Crippen LogP contribution in [0.15, 0.2) is 48.5 Å². The van der Waals surface area contributed by atoms with Crippen molar-refractivity contribution < 1.29 is 9.53 Å². The number of aromatic nitrogens is 2. The SMILES string of the molecule is CCC(CC)C(=O)NCc1nc2ccccc2n1CCCCOc1ccccc1C. The lowest BCUT2D eigenvalue weighted by Gasteiger charge is -2.14. The van der Waals surface area contributed by atoms with Gasteiger partial charge in [0.15, 0.2) is 0 Å². The van der Waals surface area contributed by atoms with Crippen molar-refractivity contribution in [2.24, 2.45) is 5.92 Å². The number of ether oxygens (including phenoxy) is 1. The van der Waals surface area contributed by atoms with Crippen LogP contribution in [0.2, 0.25) is 0 Å². The molecule has 3 aromatic rings. The Labute approximate surface area is 179 Å². The fourth-order valence-corrected chi connectivity index (χ4v) is 3.75. The van der Waals surface area contributed by atoms with Gasteiger partial charge >= 0.3 is 0 Å². The number of amides is 1. The molecular formula is C25H33N3O2. The molecule has 5 heteroatoms. The van der Waals surface area contributed by atoms with Gasteiger partial charge in [0.1, 0.15) is 11.6 Å². The number of carbonyl (C=O) groups is 1. The molecule has 1 amide bonds. The third kappa shape index (κ3) is 5.41. The van der Waals surface area contributed by atoms with Gasteiger partial charge in [0.05, 0.1) is 24.2 Å². The highest BCUT2D eigenvalue weighted by Crippen LogP contribution is 2.19. The Morgan fingerprint density at radius 2 is 1.80 bits per heavy atom. The number of fused-ring (bicyclic) bond motifs is 1. The van der Waals surface area contributed by atoms with Gasteiger partial charge in [-0.1, -0.05) is 44.2 Å². The molecule has 0 saturated carbocycles. The summed E-state index contributed by atoms with van der Waals surface area (Å²) in [7, 11) is 0. The molecule has 3 rings (SSSR count). The fourth-order valence-electron chi connectivity index (χ4n) is 3.75. The topological polar surface area (TPSA) is 56.2 Å². The second-order valence-corrected chi connectivity index (χ2v) is 7.72. The zero-order chi connectivity index (χ0) is 21.3. The van der Waals surface area contributed by atoms with E-state index in [2.05, 4.69) is 42.8 Å². The molecule has 0 aliphatic rings. The Morgan fingerprint density at radius 3 is 2.57 bits per heavy atom. The first-order chi connectivity index (χ1) is 14.6. The quantitative estimate of drug-likeness (QED) is 0.441. The lowest BCUT2D eigenvalue weighted by molar-refractivity contribution is -0.125. The van der Waals surface area contributed by atoms with Crippen LogP contribution in [0, 0.1) is 12.8 Å². The average molecular weight is 408 g/mol. The van der Waals surface area contributed by atoms with Gasteiger partial charge in [-0.3, -0.25) is 4.79 Å². The fraction of sp³-hybridized carbons (Fsp3) is 0.440. The molecule has 0 fully saturated rings. The lowest BCUT2D eigenvalue weighted by atomic mass is 10.0. The molecule has 0 radical (unpaired) electrons. The van der Waals surface area contributed by atoms with E-state index in [-0.39, 0.29) is 11.8 Å². The highest BCUT2D eigenvalue weighted by molar-refractivity contribution is 5.79. The van der Waals surface area contributed by atoms with Crippen LogP contribution < -0.4 is 10.1 Å². The maximum absolute atomic E-state index is 12.4. The van der Waals surface area contributed by atoms with Gasteiger partial charge in [-0.15, -0.1) is 0 Å². The van der Waals surface area contributed by atoms with E-state index in [1.54, 1.807) is 0 Å². The van der Waals surface area contributed by atoms with E-state index in [1.807, 2.05) is 36.4 Å². The van der Waals surface area contributed by atoms with Crippen LogP contribution in [0.3, 0.4) is 0 Å². The van der Waals surface area contributed by atoms with Gasteiger partial charge in [0, 0.05) is 12.5 Å². The number of unbranched alkanes of at least 4 members (excludes halogenated alkanes) is 1. The van der Waals surface area contributed by atoms with Crippen LogP contribution >= 0.6 is 0 Å². The lowest BCUT2D eigenvalue weighted by Crippen LogP contribution is -2.30. The van der Waals surface area contributed by atoms with E-state index >= 15 is 0 Å². The molecule has 30 heavy (non-hydrogen) atoms. The number of rotatable bonds is 11. The number of nitrogens with zero attached hydrogens (tertiary/aromatic N) is 2. The molecular weight excluding hydrogens is 374 g/mol. The van der Waals surface area contributed by atoms with Gasteiger partial charge in [-0.25, -0.2) is 4.98 Å². The van der Waals surface area contributed by atoms with Crippen LogP contribution in [0.4, 0.5) is 0 Å². The molecule has 1 aromatic heterocycles. The normalized spacial score (nSPS) is 11.2. The summed E-state index contributed by atoms with van der Waals surface area (Å²) < 4.78 is 8.15. The second-order valence-electron chi connectivity index (χ2n) is 7.72. The summed E-state index contributed by atoms with van der Waals surface area (Å²) in [5, 5.41) is 3.08. The standard InChI is InChI=1S/C25H33N3O2/c1-4-20(5-2)25(29)26-18-24-27-21-13-7-8-14-22(21)28(24)16-10-11-17-30-23-15-9-6-12-19(23)3/h6-9,12-15,20H,4-5,10-11,16-18H2,1-3H3,(H,26,29). The molecule has 0 saturated heterocycles. The third-order valence-corrected chi connectivity index (χ3v) is 5.64. The number of aryl methyl sites for hydroxylation is 2. The molecule has 0 aliphatic heterocycles. The number of para-hydroxylation sites is 3. The minimum absolute atomic E-state index is 0.0708. The molecule has 0 spiro atoms. The Balaban J connectivity index is 1.60. The van der Waals surface area contributed by atoms with Crippen molar-refractivity contribution in [2.75, 3.05) is 6.61 Å². The van der Waals surface area contributed by atoms with Gasteiger partial charge in [-0.2, -0.15) is 0 Å². The summed E-state index contributed by atoms with van der Waals surface area (Å²) in [6.45, 7) is 8.19. The molecule has 5 nitrogen and oxygen atoms in total. The van der Waals surface area contributed by atoms with Crippen molar-refractivity contribution in [1.82, 2.24) is 14.9 Å². The maximum atomic E-state index is 12.4. The molecule has 1 heterocycles. The zero-order valence-corrected chi connectivity index (χ0v) is 18.4. The predicted octanol–water partition coefficient (Wildman–Crippen LogP) is 5.26. The summed E-state index contributed by atoms with van der Waals surface area (Å²) in [4.78, 5) is 17.2. The summed E-state index contributed by atoms with van der Waals surface area (Å²) in [6, 6.07) is 16.3. The first-order valence-corrected chi connectivity index (χ1v) is 11.0. The van der Waals surface area contributed by atoms with E-state index in [0.717, 1.165) is 60.4 Å². The number of nitrogens with one attached hydrogen (secondary N) is 1. The molecule has 0 unspecified atom stereocenters. The van der Waals surface area contributed by atoms with Crippen LogP contribution in [0.1, 0.15) is 50.9 Å². The Morgan fingerprint density at radius 1 is 1.07 bits per heavy atom. The molecule has 2 aromatic carbocycles. The van der Waals surface area contributed by atoms with Crippen molar-refractivity contribution in [3.8, 4) is 5.75 Å². The van der Waals surface area contributed by atoms with Gasteiger partial charge in [0.25, 0.3) is 0 Å². The minimum Gasteiger partial charge on any atom is -0.493 e. The van der Waals surface area contributed by atoms with Crippen molar-refractivity contribution in [3.05, 3.63) is 59.9 Å². The molecule has 1 N–H and O–H groups in total. The smallest absolute Gasteiger partial charge is 0.223 e. The van der Waals surface area contributed by atoms with Crippen molar-refractivity contribution in [2.45, 2.75) is 59.5 Å². The highest BCUT2D eigenvalue weighted by Gasteiger charge is 2.16.